The van der Waals surface area contributed by atoms with Gasteiger partial charge in [0.05, 0.1) is 12.9 Å². The predicted molar refractivity (Wildman–Crippen MR) is 68.9 cm³/mol. The van der Waals surface area contributed by atoms with Gasteiger partial charge >= 0.3 is 0 Å². The maximum atomic E-state index is 11.5. The zero-order chi connectivity index (χ0) is 14.0. The third kappa shape index (κ3) is 8.58. The van der Waals surface area contributed by atoms with Crippen LogP contribution in [-0.4, -0.2) is 29.6 Å². The number of ether oxygens (including phenoxy) is 1. The normalized spacial score (nSPS) is 11.0. The van der Waals surface area contributed by atoms with Gasteiger partial charge < -0.3 is 4.74 Å². The lowest BCUT2D eigenvalue weighted by Crippen LogP contribution is -2.55. The van der Waals surface area contributed by atoms with Crippen molar-refractivity contribution in [1.29, 1.82) is 0 Å². The minimum Gasteiger partial charge on any atom is -0.501 e. The first-order valence-electron chi connectivity index (χ1n) is 6.12. The molecule has 0 radical (unpaired) electrons. The smallest absolute Gasteiger partial charge is 0.262 e. The van der Waals surface area contributed by atoms with Crippen LogP contribution in [0.5, 0.6) is 0 Å². The first-order valence-corrected chi connectivity index (χ1v) is 6.12. The summed E-state index contributed by atoms with van der Waals surface area (Å²) in [5.74, 6) is -0.596. The number of carbonyl (C=O) groups excluding carboxylic acids is 2. The van der Waals surface area contributed by atoms with Crippen molar-refractivity contribution in [3.63, 3.8) is 0 Å². The largest absolute Gasteiger partial charge is 0.501 e. The minimum absolute atomic E-state index is 0.0488. The highest BCUT2D eigenvalue weighted by Gasteiger charge is 2.11. The molecule has 0 saturated carbocycles. The highest BCUT2D eigenvalue weighted by Crippen LogP contribution is 1.91. The number of nitrogens with one attached hydrogen (secondary N) is 2. The molecule has 0 aromatic rings. The predicted octanol–water partition coefficient (Wildman–Crippen LogP) is 1.11. The lowest BCUT2D eigenvalue weighted by molar-refractivity contribution is -0.131. The molecule has 0 aromatic heterocycles. The molecule has 0 saturated heterocycles. The van der Waals surface area contributed by atoms with E-state index >= 15 is 0 Å². The monoisotopic (exact) mass is 257 g/mol. The first-order chi connectivity index (χ1) is 8.47. The summed E-state index contributed by atoms with van der Waals surface area (Å²) in [5, 5.41) is 1.35. The summed E-state index contributed by atoms with van der Waals surface area (Å²) >= 11 is 0. The maximum absolute atomic E-state index is 11.5. The number of amides is 2. The number of hydrogen-bond donors (Lipinski definition) is 2. The molecule has 2 amide bonds. The van der Waals surface area contributed by atoms with Gasteiger partial charge in [-0.1, -0.05) is 13.3 Å². The fourth-order valence-corrected chi connectivity index (χ4v) is 1.02. The summed E-state index contributed by atoms with van der Waals surface area (Å²) in [6.07, 6.45) is 4.64. The van der Waals surface area contributed by atoms with Crippen LogP contribution >= 0.6 is 0 Å². The lowest BCUT2D eigenvalue weighted by Gasteiger charge is -2.25. The van der Waals surface area contributed by atoms with Crippen LogP contribution in [0.1, 0.15) is 40.5 Å². The van der Waals surface area contributed by atoms with Crippen molar-refractivity contribution in [2.24, 2.45) is 0 Å². The molecule has 0 aliphatic carbocycles. The summed E-state index contributed by atoms with van der Waals surface area (Å²) in [4.78, 5) is 22.4. The molecule has 0 aliphatic heterocycles. The van der Waals surface area contributed by atoms with Crippen molar-refractivity contribution in [3.8, 4) is 0 Å². The van der Waals surface area contributed by atoms with Crippen molar-refractivity contribution in [1.82, 2.24) is 16.0 Å². The fraction of sp³-hybridized carbons (Fsp3) is 0.667. The molecule has 104 valence electrons. The molecule has 18 heavy (non-hydrogen) atoms. The Bertz CT molecular complexity index is 290. The van der Waals surface area contributed by atoms with Gasteiger partial charge in [-0.25, -0.2) is 0 Å². The van der Waals surface area contributed by atoms with E-state index in [-0.39, 0.29) is 17.9 Å². The van der Waals surface area contributed by atoms with E-state index < -0.39 is 0 Å². The summed E-state index contributed by atoms with van der Waals surface area (Å²) in [6.45, 7) is 7.73. The SMILES string of the molecule is CCCCOC=CC(=O)NN(NC(C)=O)C(C)C. The highest BCUT2D eigenvalue weighted by atomic mass is 16.5. The van der Waals surface area contributed by atoms with E-state index in [1.165, 1.54) is 24.4 Å². The van der Waals surface area contributed by atoms with Crippen LogP contribution in [0.3, 0.4) is 0 Å². The number of unbranched alkanes of at least 4 members (excludes halogenated alkanes) is 1. The van der Waals surface area contributed by atoms with Crippen molar-refractivity contribution in [2.75, 3.05) is 6.61 Å². The van der Waals surface area contributed by atoms with E-state index in [0.717, 1.165) is 12.8 Å². The molecular formula is C12H23N3O3. The van der Waals surface area contributed by atoms with E-state index in [9.17, 15) is 9.59 Å². The van der Waals surface area contributed by atoms with Gasteiger partial charge in [0.1, 0.15) is 0 Å². The fourth-order valence-electron chi connectivity index (χ4n) is 1.02. The Morgan fingerprint density at radius 3 is 2.50 bits per heavy atom. The highest BCUT2D eigenvalue weighted by molar-refractivity contribution is 5.87. The van der Waals surface area contributed by atoms with Gasteiger partial charge in [-0.05, 0) is 20.3 Å². The van der Waals surface area contributed by atoms with Crippen LogP contribution in [-0.2, 0) is 14.3 Å². The van der Waals surface area contributed by atoms with Gasteiger partial charge in [-0.3, -0.25) is 20.4 Å². The van der Waals surface area contributed by atoms with Crippen molar-refractivity contribution in [2.45, 2.75) is 46.6 Å². The third-order valence-corrected chi connectivity index (χ3v) is 1.96. The van der Waals surface area contributed by atoms with Crippen LogP contribution in [0.4, 0.5) is 0 Å². The van der Waals surface area contributed by atoms with Crippen molar-refractivity contribution >= 4 is 11.8 Å². The standard InChI is InChI=1S/C12H23N3O3/c1-5-6-8-18-9-7-12(17)14-15(10(2)3)13-11(4)16/h7,9-10H,5-6,8H2,1-4H3,(H,13,16)(H,14,17). The molecule has 2 N–H and O–H groups in total. The summed E-state index contributed by atoms with van der Waals surface area (Å²) in [5.41, 5.74) is 5.04. The number of hydrazine groups is 2. The zero-order valence-corrected chi connectivity index (χ0v) is 11.5. The van der Waals surface area contributed by atoms with Crippen molar-refractivity contribution < 1.29 is 14.3 Å². The molecular weight excluding hydrogens is 234 g/mol. The minimum atomic E-state index is -0.353. The first kappa shape index (κ1) is 16.4. The van der Waals surface area contributed by atoms with Crippen molar-refractivity contribution in [3.05, 3.63) is 12.3 Å². The summed E-state index contributed by atoms with van der Waals surface area (Å²) in [7, 11) is 0. The second-order valence-electron chi connectivity index (χ2n) is 4.13. The Balaban J connectivity index is 4.05. The van der Waals surface area contributed by atoms with E-state index in [1.54, 1.807) is 0 Å². The maximum Gasteiger partial charge on any atom is 0.262 e. The van der Waals surface area contributed by atoms with Gasteiger partial charge in [-0.2, -0.15) is 0 Å². The molecule has 0 spiro atoms. The molecule has 0 aliphatic rings. The zero-order valence-electron chi connectivity index (χ0n) is 11.5. The van der Waals surface area contributed by atoms with Crippen LogP contribution in [0.25, 0.3) is 0 Å². The molecule has 6 nitrogen and oxygen atoms in total. The molecule has 0 heterocycles. The molecule has 0 rings (SSSR count). The average Bonchev–Trinajstić information content (AvgIpc) is 2.27. The Morgan fingerprint density at radius 2 is 2.00 bits per heavy atom. The quantitative estimate of drug-likeness (QED) is 0.296. The van der Waals surface area contributed by atoms with E-state index in [1.807, 2.05) is 13.8 Å². The van der Waals surface area contributed by atoms with Crippen LogP contribution < -0.4 is 10.9 Å². The number of carbonyl (C=O) groups is 2. The molecule has 0 bridgehead atoms. The van der Waals surface area contributed by atoms with E-state index in [4.69, 9.17) is 4.74 Å². The Morgan fingerprint density at radius 1 is 1.33 bits per heavy atom. The average molecular weight is 257 g/mol. The molecule has 0 unspecified atom stereocenters. The number of rotatable bonds is 8. The van der Waals surface area contributed by atoms with Gasteiger partial charge in [0.15, 0.2) is 0 Å². The second kappa shape index (κ2) is 9.47. The molecule has 6 heteroatoms. The third-order valence-electron chi connectivity index (χ3n) is 1.96. The second-order valence-corrected chi connectivity index (χ2v) is 4.13. The van der Waals surface area contributed by atoms with Gasteiger partial charge in [0.2, 0.25) is 5.91 Å². The summed E-state index contributed by atoms with van der Waals surface area (Å²) in [6, 6.07) is -0.0488. The number of nitrogens with zero attached hydrogens (tertiary/aromatic N) is 1. The van der Waals surface area contributed by atoms with Gasteiger partial charge in [0.25, 0.3) is 5.91 Å². The van der Waals surface area contributed by atoms with Gasteiger partial charge in [-0.15, -0.1) is 5.12 Å². The summed E-state index contributed by atoms with van der Waals surface area (Å²) < 4.78 is 5.12. The van der Waals surface area contributed by atoms with Crippen LogP contribution in [0.2, 0.25) is 0 Å². The Hall–Kier alpha value is -1.56. The molecule has 0 aromatic carbocycles. The number of hydrogen-bond acceptors (Lipinski definition) is 4. The lowest BCUT2D eigenvalue weighted by atomic mass is 10.4. The molecule has 0 fully saturated rings. The van der Waals surface area contributed by atoms with Crippen LogP contribution in [0.15, 0.2) is 12.3 Å². The molecule has 0 atom stereocenters. The van der Waals surface area contributed by atoms with E-state index in [2.05, 4.69) is 17.8 Å². The van der Waals surface area contributed by atoms with Gasteiger partial charge in [0, 0.05) is 19.0 Å². The Labute approximate surface area is 108 Å². The Kier molecular flexibility index (Phi) is 8.65. The van der Waals surface area contributed by atoms with Crippen LogP contribution in [0, 0.1) is 0 Å². The van der Waals surface area contributed by atoms with E-state index in [0.29, 0.717) is 6.61 Å². The topological polar surface area (TPSA) is 70.7 Å².